The van der Waals surface area contributed by atoms with Gasteiger partial charge in [0, 0.05) is 25.1 Å². The summed E-state index contributed by atoms with van der Waals surface area (Å²) in [6.07, 6.45) is 9.19. The average molecular weight is 272 g/mol. The Hall–Kier alpha value is -2.61. The van der Waals surface area contributed by atoms with Crippen LogP contribution in [0.3, 0.4) is 0 Å². The first-order chi connectivity index (χ1) is 9.76. The molecule has 3 rings (SSSR count). The van der Waals surface area contributed by atoms with E-state index in [1.807, 2.05) is 34.6 Å². The van der Waals surface area contributed by atoms with Crippen molar-refractivity contribution in [2.75, 3.05) is 17.3 Å². The highest BCUT2D eigenvalue weighted by molar-refractivity contribution is 5.65. The lowest BCUT2D eigenvalue weighted by Gasteiger charge is -2.09. The van der Waals surface area contributed by atoms with Gasteiger partial charge in [-0.15, -0.1) is 0 Å². The number of nitrogens with zero attached hydrogens (tertiary/aromatic N) is 5. The van der Waals surface area contributed by atoms with E-state index in [0.717, 1.165) is 17.8 Å². The van der Waals surface area contributed by atoms with Gasteiger partial charge in [-0.2, -0.15) is 5.10 Å². The minimum absolute atomic E-state index is 0.577. The van der Waals surface area contributed by atoms with Crippen molar-refractivity contribution in [3.63, 3.8) is 0 Å². The first kappa shape index (κ1) is 12.4. The summed E-state index contributed by atoms with van der Waals surface area (Å²) in [5.41, 5.74) is 4.45. The maximum absolute atomic E-state index is 5.41. The van der Waals surface area contributed by atoms with Gasteiger partial charge in [-0.25, -0.2) is 15.8 Å². The quantitative estimate of drug-likeness (QED) is 0.465. The van der Waals surface area contributed by atoms with Gasteiger partial charge in [0.2, 0.25) is 0 Å². The minimum atomic E-state index is 0.577. The van der Waals surface area contributed by atoms with Crippen LogP contribution < -0.4 is 16.6 Å². The van der Waals surface area contributed by atoms with Gasteiger partial charge in [0.1, 0.15) is 0 Å². The molecular weight excluding hydrogens is 256 g/mol. The van der Waals surface area contributed by atoms with Crippen LogP contribution >= 0.6 is 0 Å². The topological polar surface area (TPSA) is 98.1 Å². The van der Waals surface area contributed by atoms with Crippen molar-refractivity contribution < 1.29 is 0 Å². The van der Waals surface area contributed by atoms with Gasteiger partial charge in [-0.3, -0.25) is 4.68 Å². The number of nitrogens with two attached hydrogens (primary N) is 1. The predicted molar refractivity (Wildman–Crippen MR) is 76.3 cm³/mol. The zero-order valence-corrected chi connectivity index (χ0v) is 11.1. The normalized spacial score (nSPS) is 10.9. The van der Waals surface area contributed by atoms with E-state index in [1.165, 1.54) is 0 Å². The van der Waals surface area contributed by atoms with Crippen LogP contribution in [0.2, 0.25) is 0 Å². The first-order valence-corrected chi connectivity index (χ1v) is 6.29. The number of anilines is 2. The van der Waals surface area contributed by atoms with Gasteiger partial charge in [0.05, 0.1) is 18.9 Å². The van der Waals surface area contributed by atoms with E-state index in [-0.39, 0.29) is 0 Å². The van der Waals surface area contributed by atoms with Gasteiger partial charge in [-0.05, 0) is 12.5 Å². The van der Waals surface area contributed by atoms with E-state index in [9.17, 15) is 0 Å². The molecule has 0 fully saturated rings. The third-order valence-corrected chi connectivity index (χ3v) is 2.92. The number of hydrogen-bond acceptors (Lipinski definition) is 6. The predicted octanol–water partition coefficient (Wildman–Crippen LogP) is 0.632. The molecule has 0 aliphatic heterocycles. The summed E-state index contributed by atoms with van der Waals surface area (Å²) in [7, 11) is 0. The Balaban J connectivity index is 1.74. The molecule has 0 aliphatic carbocycles. The molecule has 0 radical (unpaired) electrons. The average Bonchev–Trinajstić information content (AvgIpc) is 3.07. The standard InChI is InChI=1S/C12H16N8/c1-9-6-16-20(7-9)5-3-14-11-12-15-2-4-19(12)8-10(17-11)18-13/h2,4,6-8,18H,3,5,13H2,1H3,(H,14,17). The van der Waals surface area contributed by atoms with Gasteiger partial charge in [0.15, 0.2) is 17.3 Å². The Morgan fingerprint density at radius 1 is 1.35 bits per heavy atom. The molecule has 3 aromatic heterocycles. The van der Waals surface area contributed by atoms with Crippen LogP contribution in [0, 0.1) is 6.92 Å². The van der Waals surface area contributed by atoms with E-state index in [2.05, 4.69) is 25.8 Å². The van der Waals surface area contributed by atoms with Crippen molar-refractivity contribution in [2.45, 2.75) is 13.5 Å². The lowest BCUT2D eigenvalue weighted by Crippen LogP contribution is -2.15. The summed E-state index contributed by atoms with van der Waals surface area (Å²) in [5, 5.41) is 7.49. The number of fused-ring (bicyclic) bond motifs is 1. The molecule has 3 aromatic rings. The van der Waals surface area contributed by atoms with E-state index >= 15 is 0 Å². The zero-order chi connectivity index (χ0) is 13.9. The van der Waals surface area contributed by atoms with Crippen LogP contribution in [0.1, 0.15) is 5.56 Å². The van der Waals surface area contributed by atoms with E-state index in [0.29, 0.717) is 18.2 Å². The van der Waals surface area contributed by atoms with Crippen LogP contribution in [-0.2, 0) is 6.54 Å². The van der Waals surface area contributed by atoms with Crippen molar-refractivity contribution >= 4 is 17.3 Å². The number of imidazole rings is 1. The minimum Gasteiger partial charge on any atom is -0.365 e. The van der Waals surface area contributed by atoms with Crippen LogP contribution in [0.25, 0.3) is 5.65 Å². The SMILES string of the molecule is Cc1cnn(CCNc2nc(NN)cn3ccnc23)c1. The monoisotopic (exact) mass is 272 g/mol. The molecule has 8 nitrogen and oxygen atoms in total. The van der Waals surface area contributed by atoms with Gasteiger partial charge < -0.3 is 15.1 Å². The fraction of sp³-hybridized carbons (Fsp3) is 0.250. The first-order valence-electron chi connectivity index (χ1n) is 6.29. The Bertz CT molecular complexity index is 713. The highest BCUT2D eigenvalue weighted by Gasteiger charge is 2.06. The number of aromatic nitrogens is 5. The molecule has 3 heterocycles. The second kappa shape index (κ2) is 5.17. The Morgan fingerprint density at radius 2 is 2.25 bits per heavy atom. The summed E-state index contributed by atoms with van der Waals surface area (Å²) >= 11 is 0. The highest BCUT2D eigenvalue weighted by Crippen LogP contribution is 2.15. The second-order valence-electron chi connectivity index (χ2n) is 4.48. The number of nitrogen functional groups attached to an aromatic ring is 1. The molecule has 0 bridgehead atoms. The molecule has 0 saturated carbocycles. The third-order valence-electron chi connectivity index (χ3n) is 2.92. The maximum atomic E-state index is 5.41. The largest absolute Gasteiger partial charge is 0.365 e. The molecule has 4 N–H and O–H groups in total. The molecule has 0 amide bonds. The molecule has 0 atom stereocenters. The number of hydrogen-bond donors (Lipinski definition) is 3. The fourth-order valence-corrected chi connectivity index (χ4v) is 2.00. The van der Waals surface area contributed by atoms with Crippen molar-refractivity contribution in [1.82, 2.24) is 24.1 Å². The lowest BCUT2D eigenvalue weighted by molar-refractivity contribution is 0.637. The van der Waals surface area contributed by atoms with Gasteiger partial charge >= 0.3 is 0 Å². The lowest BCUT2D eigenvalue weighted by atomic mass is 10.4. The Morgan fingerprint density at radius 3 is 3.00 bits per heavy atom. The molecule has 104 valence electrons. The van der Waals surface area contributed by atoms with Crippen LogP contribution in [0.5, 0.6) is 0 Å². The van der Waals surface area contributed by atoms with Gasteiger partial charge in [-0.1, -0.05) is 0 Å². The number of rotatable bonds is 5. The van der Waals surface area contributed by atoms with E-state index < -0.39 is 0 Å². The molecule has 8 heteroatoms. The van der Waals surface area contributed by atoms with Crippen molar-refractivity contribution in [2.24, 2.45) is 5.84 Å². The van der Waals surface area contributed by atoms with Crippen LogP contribution in [0.15, 0.2) is 31.0 Å². The summed E-state index contributed by atoms with van der Waals surface area (Å²) in [6, 6.07) is 0. The molecule has 20 heavy (non-hydrogen) atoms. The third kappa shape index (κ3) is 2.41. The zero-order valence-electron chi connectivity index (χ0n) is 11.1. The second-order valence-corrected chi connectivity index (χ2v) is 4.48. The van der Waals surface area contributed by atoms with E-state index in [1.54, 1.807) is 12.4 Å². The van der Waals surface area contributed by atoms with Gasteiger partial charge in [0.25, 0.3) is 0 Å². The summed E-state index contributed by atoms with van der Waals surface area (Å²) < 4.78 is 3.75. The van der Waals surface area contributed by atoms with Crippen molar-refractivity contribution in [3.8, 4) is 0 Å². The molecule has 0 unspecified atom stereocenters. The van der Waals surface area contributed by atoms with E-state index in [4.69, 9.17) is 5.84 Å². The number of nitrogens with one attached hydrogen (secondary N) is 2. The molecular formula is C12H16N8. The number of aryl methyl sites for hydroxylation is 1. The Kier molecular flexibility index (Phi) is 3.21. The molecule has 0 saturated heterocycles. The van der Waals surface area contributed by atoms with Crippen molar-refractivity contribution in [1.29, 1.82) is 0 Å². The summed E-state index contributed by atoms with van der Waals surface area (Å²) in [6.45, 7) is 3.47. The van der Waals surface area contributed by atoms with Crippen molar-refractivity contribution in [3.05, 3.63) is 36.5 Å². The summed E-state index contributed by atoms with van der Waals surface area (Å²) in [4.78, 5) is 8.64. The molecule has 0 aromatic carbocycles. The molecule has 0 aliphatic rings. The Labute approximate surface area is 115 Å². The maximum Gasteiger partial charge on any atom is 0.180 e. The van der Waals surface area contributed by atoms with Crippen LogP contribution in [-0.4, -0.2) is 30.7 Å². The number of hydrazine groups is 1. The summed E-state index contributed by atoms with van der Waals surface area (Å²) in [5.74, 6) is 6.68. The smallest absolute Gasteiger partial charge is 0.180 e. The molecule has 0 spiro atoms. The fourth-order valence-electron chi connectivity index (χ4n) is 2.00. The highest BCUT2D eigenvalue weighted by atomic mass is 15.3. The van der Waals surface area contributed by atoms with Crippen LogP contribution in [0.4, 0.5) is 11.6 Å².